The van der Waals surface area contributed by atoms with Crippen LogP contribution < -0.4 is 28.5 Å². The summed E-state index contributed by atoms with van der Waals surface area (Å²) in [5.41, 5.74) is 0.786. The molecule has 0 N–H and O–H groups in total. The highest BCUT2D eigenvalue weighted by Gasteiger charge is 2.31. The van der Waals surface area contributed by atoms with E-state index < -0.39 is 18.5 Å². The molecule has 2 rings (SSSR count). The molecule has 10 heteroatoms. The molecular weight excluding hydrogens is 663 g/mol. The summed E-state index contributed by atoms with van der Waals surface area (Å²) in [4.78, 5) is 26.2. The largest absolute Gasteiger partial charge is 1.00 e. The zero-order chi connectivity index (χ0) is 30.3. The topological polar surface area (TPSA) is 87.4 Å². The number of unbranched alkanes of at least 4 members (excludes halogenated alkanes) is 13. The van der Waals surface area contributed by atoms with E-state index in [9.17, 15) is 9.59 Å². The fourth-order valence-electron chi connectivity index (χ4n) is 5.04. The molecule has 9 nitrogen and oxygen atoms in total. The lowest BCUT2D eigenvalue weighted by atomic mass is 10.0. The van der Waals surface area contributed by atoms with Crippen molar-refractivity contribution < 1.29 is 61.8 Å². The van der Waals surface area contributed by atoms with Crippen LogP contribution in [-0.2, 0) is 36.8 Å². The summed E-state index contributed by atoms with van der Waals surface area (Å²) in [6, 6.07) is 5.61. The first-order valence-corrected chi connectivity index (χ1v) is 16.5. The molecule has 0 radical (unpaired) electrons. The van der Waals surface area contributed by atoms with E-state index in [1.807, 2.05) is 35.9 Å². The number of aryl methyl sites for hydroxylation is 1. The number of carbonyl (C=O) groups excluding carboxylic acids is 2. The normalized spacial score (nSPS) is 16.1. The van der Waals surface area contributed by atoms with Crippen LogP contribution in [0.4, 0.5) is 9.59 Å². The van der Waals surface area contributed by atoms with Gasteiger partial charge in [-0.25, -0.2) is 19.1 Å². The Balaban J connectivity index is 0.00000924. The van der Waals surface area contributed by atoms with Crippen molar-refractivity contribution in [3.05, 3.63) is 30.1 Å². The van der Waals surface area contributed by atoms with Crippen LogP contribution in [0.5, 0.6) is 0 Å². The highest BCUT2D eigenvalue weighted by Crippen LogP contribution is 2.15. The molecule has 1 fully saturated rings. The molecule has 1 saturated heterocycles. The van der Waals surface area contributed by atoms with Crippen LogP contribution in [0.2, 0.25) is 0 Å². The first-order valence-electron chi connectivity index (χ1n) is 16.5. The van der Waals surface area contributed by atoms with Crippen LogP contribution in [0.3, 0.4) is 0 Å². The van der Waals surface area contributed by atoms with E-state index >= 15 is 0 Å². The van der Waals surface area contributed by atoms with E-state index in [0.717, 1.165) is 17.0 Å². The minimum Gasteiger partial charge on any atom is -1.00 e. The average molecular weight is 721 g/mol. The van der Waals surface area contributed by atoms with E-state index in [1.54, 1.807) is 6.92 Å². The van der Waals surface area contributed by atoms with Crippen molar-refractivity contribution in [1.29, 1.82) is 0 Å². The number of imide groups is 1. The molecule has 0 saturated carbocycles. The summed E-state index contributed by atoms with van der Waals surface area (Å²) in [6.45, 7) is 8.27. The molecule has 248 valence electrons. The summed E-state index contributed by atoms with van der Waals surface area (Å²) < 4.78 is 29.6. The van der Waals surface area contributed by atoms with Crippen LogP contribution in [0.1, 0.15) is 116 Å². The highest BCUT2D eigenvalue weighted by molar-refractivity contribution is 5.87. The van der Waals surface area contributed by atoms with Gasteiger partial charge in [-0.15, -0.1) is 0 Å². The molecule has 2 unspecified atom stereocenters. The Hall–Kier alpha value is -1.50. The maximum Gasteiger partial charge on any atom is 0.420 e. The number of hydrogen-bond donors (Lipinski definition) is 0. The second-order valence-corrected chi connectivity index (χ2v) is 11.0. The Morgan fingerprint density at radius 3 is 2.05 bits per heavy atom. The van der Waals surface area contributed by atoms with Crippen molar-refractivity contribution in [3.8, 4) is 0 Å². The Morgan fingerprint density at radius 1 is 0.837 bits per heavy atom. The molecule has 43 heavy (non-hydrogen) atoms. The predicted octanol–water partition coefficient (Wildman–Crippen LogP) is 4.33. The van der Waals surface area contributed by atoms with Crippen LogP contribution in [-0.4, -0.2) is 62.5 Å². The first-order chi connectivity index (χ1) is 20.6. The second kappa shape index (κ2) is 25.8. The molecule has 0 aliphatic carbocycles. The predicted molar refractivity (Wildman–Crippen MR) is 162 cm³/mol. The molecule has 0 aromatic carbocycles. The average Bonchev–Trinajstić information content (AvgIpc) is 3.46. The summed E-state index contributed by atoms with van der Waals surface area (Å²) in [5, 5.41) is 0. The first kappa shape index (κ1) is 39.5. The molecule has 1 aromatic rings. The molecule has 2 heterocycles. The Kier molecular flexibility index (Phi) is 23.7. The van der Waals surface area contributed by atoms with Gasteiger partial charge in [0.05, 0.1) is 19.8 Å². The zero-order valence-electron chi connectivity index (χ0n) is 26.9. The van der Waals surface area contributed by atoms with E-state index in [4.69, 9.17) is 23.7 Å². The van der Waals surface area contributed by atoms with Crippen molar-refractivity contribution >= 4 is 12.2 Å². The van der Waals surface area contributed by atoms with Gasteiger partial charge in [0.2, 0.25) is 5.69 Å². The van der Waals surface area contributed by atoms with Gasteiger partial charge in [0.25, 0.3) is 0 Å². The van der Waals surface area contributed by atoms with Gasteiger partial charge in [-0.2, -0.15) is 0 Å². The molecule has 2 amide bonds. The van der Waals surface area contributed by atoms with Crippen LogP contribution >= 0.6 is 0 Å². The van der Waals surface area contributed by atoms with Gasteiger partial charge in [0.1, 0.15) is 25.8 Å². The summed E-state index contributed by atoms with van der Waals surface area (Å²) in [5.74, 6) is 0. The lowest BCUT2D eigenvalue weighted by Gasteiger charge is -2.20. The van der Waals surface area contributed by atoms with Crippen molar-refractivity contribution in [3.63, 3.8) is 0 Å². The number of rotatable bonds is 23. The van der Waals surface area contributed by atoms with Crippen molar-refractivity contribution in [2.24, 2.45) is 0 Å². The highest BCUT2D eigenvalue weighted by atomic mass is 127. The van der Waals surface area contributed by atoms with Gasteiger partial charge in [-0.1, -0.05) is 96.5 Å². The van der Waals surface area contributed by atoms with E-state index in [2.05, 4.69) is 6.92 Å². The molecule has 2 atom stereocenters. The third kappa shape index (κ3) is 17.5. The number of ether oxygens (including phenoxy) is 5. The van der Waals surface area contributed by atoms with E-state index in [1.165, 1.54) is 83.5 Å². The van der Waals surface area contributed by atoms with Crippen molar-refractivity contribution in [1.82, 2.24) is 4.90 Å². The second-order valence-electron chi connectivity index (χ2n) is 11.0. The molecule has 1 aromatic heterocycles. The Labute approximate surface area is 277 Å². The number of pyridine rings is 1. The Morgan fingerprint density at radius 2 is 1.44 bits per heavy atom. The minimum atomic E-state index is -0.801. The standard InChI is InChI=1S/C33H57N2O7.HI/c1-4-7-8-9-10-11-12-13-14-15-16-17-18-21-24-38-26-30-27-40-31(42-30)28-41-33(37)35(32(36)39-6-3)25-29-22-19-20-23-34(29)5-2;/h19-20,22-23,30-31H,4-18,21,24-28H2,1-3H3;1H/q+1;/p-1. The number of aromatic nitrogens is 1. The fourth-order valence-corrected chi connectivity index (χ4v) is 5.04. The quantitative estimate of drug-likeness (QED) is 0.0946. The monoisotopic (exact) mass is 720 g/mol. The number of amides is 2. The van der Waals surface area contributed by atoms with Gasteiger partial charge < -0.3 is 47.7 Å². The van der Waals surface area contributed by atoms with Crippen LogP contribution in [0.15, 0.2) is 24.4 Å². The van der Waals surface area contributed by atoms with Gasteiger partial charge in [0.15, 0.2) is 12.5 Å². The van der Waals surface area contributed by atoms with Gasteiger partial charge >= 0.3 is 12.2 Å². The van der Waals surface area contributed by atoms with E-state index in [-0.39, 0.29) is 49.8 Å². The number of halogens is 1. The maximum absolute atomic E-state index is 12.8. The maximum atomic E-state index is 12.8. The molecule has 1 aliphatic heterocycles. The number of carbonyl (C=O) groups is 2. The molecule has 0 spiro atoms. The van der Waals surface area contributed by atoms with Gasteiger partial charge in [0, 0.05) is 18.7 Å². The smallest absolute Gasteiger partial charge is 0.420 e. The zero-order valence-corrected chi connectivity index (χ0v) is 29.1. The summed E-state index contributed by atoms with van der Waals surface area (Å²) in [6.07, 6.45) is 18.1. The van der Waals surface area contributed by atoms with E-state index in [0.29, 0.717) is 26.4 Å². The lowest BCUT2D eigenvalue weighted by molar-refractivity contribution is -0.701. The lowest BCUT2D eigenvalue weighted by Crippen LogP contribution is -3.00. The third-order valence-corrected chi connectivity index (χ3v) is 7.51. The molecule has 1 aliphatic rings. The fraction of sp³-hybridized carbons (Fsp3) is 0.788. The van der Waals surface area contributed by atoms with Crippen molar-refractivity contribution in [2.75, 3.05) is 33.0 Å². The minimum absolute atomic E-state index is 0. The van der Waals surface area contributed by atoms with Crippen LogP contribution in [0, 0.1) is 0 Å². The molecular formula is C33H57IN2O7. The summed E-state index contributed by atoms with van der Waals surface area (Å²) >= 11 is 0. The number of hydrogen-bond acceptors (Lipinski definition) is 7. The Bertz CT molecular complexity index is 860. The van der Waals surface area contributed by atoms with Crippen LogP contribution in [0.25, 0.3) is 0 Å². The van der Waals surface area contributed by atoms with Gasteiger partial charge in [-0.3, -0.25) is 0 Å². The van der Waals surface area contributed by atoms with Crippen molar-refractivity contribution in [2.45, 2.75) is 136 Å². The summed E-state index contributed by atoms with van der Waals surface area (Å²) in [7, 11) is 0. The number of nitrogens with zero attached hydrogens (tertiary/aromatic N) is 2. The molecule has 0 bridgehead atoms. The third-order valence-electron chi connectivity index (χ3n) is 7.51. The SMILES string of the molecule is CCCCCCCCCCCCCCCCOCC1COC(COC(=O)N(Cc2cccc[n+]2CC)C(=O)OCC)O1.[I-]. The van der Waals surface area contributed by atoms with Gasteiger partial charge in [-0.05, 0) is 20.3 Å².